The molecule has 90 valence electrons. The summed E-state index contributed by atoms with van der Waals surface area (Å²) in [6.07, 6.45) is 2.10. The Hall–Kier alpha value is -1.88. The SMILES string of the molecule is COc1ccccc1CNCCc1ncon1. The molecule has 0 aliphatic heterocycles. The van der Waals surface area contributed by atoms with Gasteiger partial charge in [0.2, 0.25) is 6.39 Å². The van der Waals surface area contributed by atoms with Gasteiger partial charge in [-0.3, -0.25) is 0 Å². The normalized spacial score (nSPS) is 10.4. The zero-order chi connectivity index (χ0) is 11.9. The summed E-state index contributed by atoms with van der Waals surface area (Å²) in [7, 11) is 1.68. The van der Waals surface area contributed by atoms with Gasteiger partial charge in [-0.1, -0.05) is 23.4 Å². The molecule has 1 aromatic heterocycles. The number of nitrogens with zero attached hydrogens (tertiary/aromatic N) is 2. The minimum Gasteiger partial charge on any atom is -0.496 e. The average molecular weight is 233 g/mol. The molecule has 0 saturated heterocycles. The van der Waals surface area contributed by atoms with Crippen LogP contribution in [-0.4, -0.2) is 23.8 Å². The molecule has 17 heavy (non-hydrogen) atoms. The van der Waals surface area contributed by atoms with Crippen LogP contribution in [0.25, 0.3) is 0 Å². The van der Waals surface area contributed by atoms with Gasteiger partial charge in [-0.25, -0.2) is 0 Å². The number of nitrogens with one attached hydrogen (secondary N) is 1. The molecule has 0 fully saturated rings. The zero-order valence-electron chi connectivity index (χ0n) is 9.72. The summed E-state index contributed by atoms with van der Waals surface area (Å²) in [5.74, 6) is 1.62. The topological polar surface area (TPSA) is 60.2 Å². The maximum Gasteiger partial charge on any atom is 0.213 e. The van der Waals surface area contributed by atoms with Crippen molar-refractivity contribution in [2.75, 3.05) is 13.7 Å². The van der Waals surface area contributed by atoms with Crippen LogP contribution < -0.4 is 10.1 Å². The monoisotopic (exact) mass is 233 g/mol. The molecular formula is C12H15N3O2. The van der Waals surface area contributed by atoms with Crippen LogP contribution in [0.2, 0.25) is 0 Å². The van der Waals surface area contributed by atoms with Crippen LogP contribution in [0.1, 0.15) is 11.4 Å². The number of benzene rings is 1. The van der Waals surface area contributed by atoms with Gasteiger partial charge in [0, 0.05) is 25.1 Å². The summed E-state index contributed by atoms with van der Waals surface area (Å²) in [6, 6.07) is 7.96. The summed E-state index contributed by atoms with van der Waals surface area (Å²) in [4.78, 5) is 3.95. The molecule has 0 bridgehead atoms. The van der Waals surface area contributed by atoms with Crippen molar-refractivity contribution in [3.8, 4) is 5.75 Å². The Labute approximate surface area is 99.8 Å². The quantitative estimate of drug-likeness (QED) is 0.764. The van der Waals surface area contributed by atoms with Crippen LogP contribution in [0.4, 0.5) is 0 Å². The highest BCUT2D eigenvalue weighted by Crippen LogP contribution is 2.16. The predicted octanol–water partition coefficient (Wildman–Crippen LogP) is 1.41. The van der Waals surface area contributed by atoms with Crippen LogP contribution in [0.3, 0.4) is 0 Å². The van der Waals surface area contributed by atoms with Crippen LogP contribution in [-0.2, 0) is 13.0 Å². The second kappa shape index (κ2) is 6.00. The minimum absolute atomic E-state index is 0.720. The summed E-state index contributed by atoms with van der Waals surface area (Å²) in [6.45, 7) is 1.57. The molecular weight excluding hydrogens is 218 g/mol. The van der Waals surface area contributed by atoms with Crippen molar-refractivity contribution in [2.45, 2.75) is 13.0 Å². The highest BCUT2D eigenvalue weighted by molar-refractivity contribution is 5.32. The third-order valence-corrected chi connectivity index (χ3v) is 2.44. The van der Waals surface area contributed by atoms with E-state index in [4.69, 9.17) is 4.74 Å². The van der Waals surface area contributed by atoms with Crippen molar-refractivity contribution in [3.63, 3.8) is 0 Å². The first-order valence-electron chi connectivity index (χ1n) is 5.48. The van der Waals surface area contributed by atoms with Gasteiger partial charge in [-0.15, -0.1) is 0 Å². The van der Waals surface area contributed by atoms with Crippen molar-refractivity contribution < 1.29 is 9.26 Å². The lowest BCUT2D eigenvalue weighted by molar-refractivity contribution is 0.405. The first kappa shape index (κ1) is 11.6. The van der Waals surface area contributed by atoms with E-state index in [1.807, 2.05) is 24.3 Å². The molecule has 0 amide bonds. The predicted molar refractivity (Wildman–Crippen MR) is 62.7 cm³/mol. The first-order chi connectivity index (χ1) is 8.40. The standard InChI is InChI=1S/C12H15N3O2/c1-16-11-5-3-2-4-10(11)8-13-7-6-12-14-9-17-15-12/h2-5,9,13H,6-8H2,1H3. The van der Waals surface area contributed by atoms with Crippen LogP contribution in [0.5, 0.6) is 5.75 Å². The Bertz CT molecular complexity index is 443. The largest absolute Gasteiger partial charge is 0.496 e. The van der Waals surface area contributed by atoms with E-state index in [1.165, 1.54) is 6.39 Å². The molecule has 1 aromatic carbocycles. The number of rotatable bonds is 6. The van der Waals surface area contributed by atoms with Crippen molar-refractivity contribution >= 4 is 0 Å². The van der Waals surface area contributed by atoms with E-state index in [-0.39, 0.29) is 0 Å². The summed E-state index contributed by atoms with van der Waals surface area (Å²) in [5, 5.41) is 7.06. The maximum atomic E-state index is 5.27. The highest BCUT2D eigenvalue weighted by atomic mass is 16.5. The van der Waals surface area contributed by atoms with Crippen molar-refractivity contribution in [1.29, 1.82) is 0 Å². The molecule has 1 N–H and O–H groups in total. The molecule has 0 aliphatic rings. The Balaban J connectivity index is 1.78. The van der Waals surface area contributed by atoms with Crippen molar-refractivity contribution in [2.24, 2.45) is 0 Å². The fourth-order valence-corrected chi connectivity index (χ4v) is 1.57. The molecule has 0 atom stereocenters. The summed E-state index contributed by atoms with van der Waals surface area (Å²) >= 11 is 0. The van der Waals surface area contributed by atoms with Gasteiger partial charge in [0.25, 0.3) is 0 Å². The van der Waals surface area contributed by atoms with E-state index in [0.717, 1.165) is 36.6 Å². The molecule has 2 rings (SSSR count). The molecule has 5 nitrogen and oxygen atoms in total. The fourth-order valence-electron chi connectivity index (χ4n) is 1.57. The molecule has 0 unspecified atom stereocenters. The zero-order valence-corrected chi connectivity index (χ0v) is 9.72. The Morgan fingerprint density at radius 1 is 1.35 bits per heavy atom. The highest BCUT2D eigenvalue weighted by Gasteiger charge is 2.01. The second-order valence-corrected chi connectivity index (χ2v) is 3.59. The van der Waals surface area contributed by atoms with Crippen LogP contribution in [0.15, 0.2) is 35.2 Å². The first-order valence-corrected chi connectivity index (χ1v) is 5.48. The molecule has 0 spiro atoms. The van der Waals surface area contributed by atoms with E-state index in [2.05, 4.69) is 20.0 Å². The smallest absolute Gasteiger partial charge is 0.213 e. The Kier molecular flexibility index (Phi) is 4.10. The minimum atomic E-state index is 0.720. The van der Waals surface area contributed by atoms with Crippen molar-refractivity contribution in [1.82, 2.24) is 15.5 Å². The molecule has 0 radical (unpaired) electrons. The number of para-hydroxylation sites is 1. The Morgan fingerprint density at radius 3 is 3.00 bits per heavy atom. The molecule has 2 aromatic rings. The van der Waals surface area contributed by atoms with Crippen LogP contribution in [0, 0.1) is 0 Å². The third-order valence-electron chi connectivity index (χ3n) is 2.44. The van der Waals surface area contributed by atoms with E-state index in [1.54, 1.807) is 7.11 Å². The van der Waals surface area contributed by atoms with Crippen LogP contribution >= 0.6 is 0 Å². The van der Waals surface area contributed by atoms with Gasteiger partial charge in [-0.05, 0) is 6.07 Å². The second-order valence-electron chi connectivity index (χ2n) is 3.59. The average Bonchev–Trinajstić information content (AvgIpc) is 2.88. The number of hydrogen-bond donors (Lipinski definition) is 1. The van der Waals surface area contributed by atoms with Crippen molar-refractivity contribution in [3.05, 3.63) is 42.0 Å². The molecule has 1 heterocycles. The van der Waals surface area contributed by atoms with Gasteiger partial charge in [-0.2, -0.15) is 4.98 Å². The van der Waals surface area contributed by atoms with Gasteiger partial charge in [0.15, 0.2) is 5.82 Å². The number of methoxy groups -OCH3 is 1. The number of hydrogen-bond acceptors (Lipinski definition) is 5. The Morgan fingerprint density at radius 2 is 2.24 bits per heavy atom. The lowest BCUT2D eigenvalue weighted by Gasteiger charge is -2.08. The van der Waals surface area contributed by atoms with Gasteiger partial charge < -0.3 is 14.6 Å². The van der Waals surface area contributed by atoms with Gasteiger partial charge >= 0.3 is 0 Å². The summed E-state index contributed by atoms with van der Waals surface area (Å²) in [5.41, 5.74) is 1.14. The molecule has 0 aliphatic carbocycles. The van der Waals surface area contributed by atoms with Gasteiger partial charge in [0.05, 0.1) is 7.11 Å². The lowest BCUT2D eigenvalue weighted by atomic mass is 10.2. The van der Waals surface area contributed by atoms with E-state index in [9.17, 15) is 0 Å². The molecule has 5 heteroatoms. The number of aromatic nitrogens is 2. The fraction of sp³-hybridized carbons (Fsp3) is 0.333. The van der Waals surface area contributed by atoms with E-state index >= 15 is 0 Å². The van der Waals surface area contributed by atoms with E-state index in [0.29, 0.717) is 0 Å². The van der Waals surface area contributed by atoms with Gasteiger partial charge in [0.1, 0.15) is 5.75 Å². The van der Waals surface area contributed by atoms with E-state index < -0.39 is 0 Å². The lowest BCUT2D eigenvalue weighted by Crippen LogP contribution is -2.17. The number of ether oxygens (including phenoxy) is 1. The molecule has 0 saturated carbocycles. The summed E-state index contributed by atoms with van der Waals surface area (Å²) < 4.78 is 9.93. The third kappa shape index (κ3) is 3.29. The maximum absolute atomic E-state index is 5.27.